The monoisotopic (exact) mass is 227 g/mol. The smallest absolute Gasteiger partial charge is 0.121 e. The van der Waals surface area contributed by atoms with Crippen LogP contribution in [-0.2, 0) is 0 Å². The average Bonchev–Trinajstić information content (AvgIpc) is 2.64. The van der Waals surface area contributed by atoms with E-state index in [9.17, 15) is 5.26 Å². The first-order valence-electron chi connectivity index (χ1n) is 5.70. The van der Waals surface area contributed by atoms with E-state index in [1.165, 1.54) is 0 Å². The van der Waals surface area contributed by atoms with E-state index in [0.29, 0.717) is 0 Å². The van der Waals surface area contributed by atoms with Crippen LogP contribution in [0.2, 0.25) is 0 Å². The Kier molecular flexibility index (Phi) is 2.59. The van der Waals surface area contributed by atoms with Crippen molar-refractivity contribution in [3.63, 3.8) is 0 Å². The van der Waals surface area contributed by atoms with Crippen LogP contribution in [0.25, 0.3) is 10.9 Å². The first kappa shape index (κ1) is 11.5. The standard InChI is InChI=1S/C14H17N3/c1-10-13(17(4)14(2,3)9-15)11-7-5-6-8-12(11)16-10/h5-8,16H,1-4H3. The molecule has 0 radical (unpaired) electrons. The first-order chi connectivity index (χ1) is 7.97. The summed E-state index contributed by atoms with van der Waals surface area (Å²) >= 11 is 0. The number of aromatic nitrogens is 1. The topological polar surface area (TPSA) is 42.8 Å². The second-order valence-electron chi connectivity index (χ2n) is 4.87. The molecule has 0 saturated carbocycles. The van der Waals surface area contributed by atoms with Gasteiger partial charge < -0.3 is 9.88 Å². The summed E-state index contributed by atoms with van der Waals surface area (Å²) in [7, 11) is 1.96. The second kappa shape index (κ2) is 3.81. The van der Waals surface area contributed by atoms with Crippen molar-refractivity contribution < 1.29 is 0 Å². The van der Waals surface area contributed by atoms with Gasteiger partial charge in [-0.05, 0) is 26.8 Å². The number of nitriles is 1. The SMILES string of the molecule is Cc1[nH]c2ccccc2c1N(C)C(C)(C)C#N. The summed E-state index contributed by atoms with van der Waals surface area (Å²) in [6.07, 6.45) is 0. The van der Waals surface area contributed by atoms with Crippen LogP contribution >= 0.6 is 0 Å². The van der Waals surface area contributed by atoms with E-state index in [1.807, 2.05) is 44.9 Å². The van der Waals surface area contributed by atoms with Gasteiger partial charge in [-0.2, -0.15) is 5.26 Å². The number of para-hydroxylation sites is 1. The lowest BCUT2D eigenvalue weighted by atomic mass is 10.0. The molecule has 3 heteroatoms. The fraction of sp³-hybridized carbons (Fsp3) is 0.357. The Hall–Kier alpha value is -1.95. The summed E-state index contributed by atoms with van der Waals surface area (Å²) in [5, 5.41) is 10.4. The molecule has 0 bridgehead atoms. The van der Waals surface area contributed by atoms with Gasteiger partial charge in [0.25, 0.3) is 0 Å². The Morgan fingerprint density at radius 3 is 2.59 bits per heavy atom. The number of benzene rings is 1. The molecular formula is C14H17N3. The van der Waals surface area contributed by atoms with E-state index in [-0.39, 0.29) is 0 Å². The van der Waals surface area contributed by atoms with Gasteiger partial charge in [0.05, 0.1) is 11.8 Å². The molecular weight excluding hydrogens is 210 g/mol. The Labute approximate surface area is 102 Å². The summed E-state index contributed by atoms with van der Waals surface area (Å²) in [6.45, 7) is 5.89. The van der Waals surface area contributed by atoms with Crippen LogP contribution < -0.4 is 4.90 Å². The maximum absolute atomic E-state index is 9.22. The Morgan fingerprint density at radius 1 is 1.29 bits per heavy atom. The quantitative estimate of drug-likeness (QED) is 0.856. The molecule has 17 heavy (non-hydrogen) atoms. The van der Waals surface area contributed by atoms with Crippen molar-refractivity contribution >= 4 is 16.6 Å². The number of hydrogen-bond acceptors (Lipinski definition) is 2. The summed E-state index contributed by atoms with van der Waals surface area (Å²) in [5.41, 5.74) is 2.79. The van der Waals surface area contributed by atoms with Gasteiger partial charge in [-0.25, -0.2) is 0 Å². The molecule has 0 aliphatic heterocycles. The van der Waals surface area contributed by atoms with Crippen LogP contribution in [0, 0.1) is 18.3 Å². The number of anilines is 1. The molecule has 0 aliphatic rings. The highest BCUT2D eigenvalue weighted by molar-refractivity contribution is 5.95. The molecule has 1 aromatic heterocycles. The predicted octanol–water partition coefficient (Wildman–Crippen LogP) is 3.21. The molecule has 2 rings (SSSR count). The zero-order valence-electron chi connectivity index (χ0n) is 10.7. The van der Waals surface area contributed by atoms with Gasteiger partial charge in [0.2, 0.25) is 0 Å². The van der Waals surface area contributed by atoms with E-state index in [2.05, 4.69) is 23.2 Å². The van der Waals surface area contributed by atoms with Gasteiger partial charge in [-0.15, -0.1) is 0 Å². The molecule has 2 aromatic rings. The predicted molar refractivity (Wildman–Crippen MR) is 71.1 cm³/mol. The van der Waals surface area contributed by atoms with E-state index in [0.717, 1.165) is 22.3 Å². The van der Waals surface area contributed by atoms with Crippen LogP contribution in [0.15, 0.2) is 24.3 Å². The van der Waals surface area contributed by atoms with Crippen LogP contribution in [0.3, 0.4) is 0 Å². The third-order valence-electron chi connectivity index (χ3n) is 3.31. The van der Waals surface area contributed by atoms with Gasteiger partial charge in [0, 0.05) is 23.6 Å². The van der Waals surface area contributed by atoms with E-state index >= 15 is 0 Å². The Balaban J connectivity index is 2.64. The summed E-state index contributed by atoms with van der Waals surface area (Å²) in [5.74, 6) is 0. The molecule has 0 fully saturated rings. The molecule has 0 spiro atoms. The van der Waals surface area contributed by atoms with E-state index in [1.54, 1.807) is 0 Å². The zero-order chi connectivity index (χ0) is 12.6. The zero-order valence-corrected chi connectivity index (χ0v) is 10.7. The molecule has 0 amide bonds. The van der Waals surface area contributed by atoms with Gasteiger partial charge in [0.15, 0.2) is 0 Å². The number of fused-ring (bicyclic) bond motifs is 1. The third kappa shape index (κ3) is 1.76. The number of aryl methyl sites for hydroxylation is 1. The van der Waals surface area contributed by atoms with Crippen molar-refractivity contribution in [1.29, 1.82) is 5.26 Å². The van der Waals surface area contributed by atoms with Crippen molar-refractivity contribution in [2.24, 2.45) is 0 Å². The minimum Gasteiger partial charge on any atom is -0.357 e. The molecule has 0 atom stereocenters. The molecule has 1 aromatic carbocycles. The van der Waals surface area contributed by atoms with Gasteiger partial charge in [-0.3, -0.25) is 0 Å². The number of H-pyrrole nitrogens is 1. The van der Waals surface area contributed by atoms with Crippen molar-refractivity contribution in [3.8, 4) is 6.07 Å². The van der Waals surface area contributed by atoms with Crippen LogP contribution in [0.1, 0.15) is 19.5 Å². The fourth-order valence-corrected chi connectivity index (χ4v) is 2.05. The minimum atomic E-state index is -0.518. The minimum absolute atomic E-state index is 0.518. The highest BCUT2D eigenvalue weighted by Crippen LogP contribution is 2.33. The van der Waals surface area contributed by atoms with Gasteiger partial charge >= 0.3 is 0 Å². The second-order valence-corrected chi connectivity index (χ2v) is 4.87. The molecule has 1 N–H and O–H groups in total. The summed E-state index contributed by atoms with van der Waals surface area (Å²) in [4.78, 5) is 5.38. The van der Waals surface area contributed by atoms with Crippen LogP contribution in [0.5, 0.6) is 0 Å². The maximum Gasteiger partial charge on any atom is 0.121 e. The molecule has 0 aliphatic carbocycles. The van der Waals surface area contributed by atoms with Gasteiger partial charge in [-0.1, -0.05) is 18.2 Å². The van der Waals surface area contributed by atoms with Crippen molar-refractivity contribution in [1.82, 2.24) is 4.98 Å². The van der Waals surface area contributed by atoms with Crippen LogP contribution in [0.4, 0.5) is 5.69 Å². The number of nitrogens with zero attached hydrogens (tertiary/aromatic N) is 2. The largest absolute Gasteiger partial charge is 0.357 e. The molecule has 0 saturated heterocycles. The van der Waals surface area contributed by atoms with E-state index < -0.39 is 5.54 Å². The molecule has 88 valence electrons. The molecule has 0 unspecified atom stereocenters. The highest BCUT2D eigenvalue weighted by Gasteiger charge is 2.26. The van der Waals surface area contributed by atoms with Crippen molar-refractivity contribution in [2.75, 3.05) is 11.9 Å². The Bertz CT molecular complexity index is 587. The lowest BCUT2D eigenvalue weighted by molar-refractivity contribution is 0.617. The maximum atomic E-state index is 9.22. The lowest BCUT2D eigenvalue weighted by Gasteiger charge is -2.31. The number of nitrogens with one attached hydrogen (secondary N) is 1. The number of rotatable bonds is 2. The molecule has 1 heterocycles. The first-order valence-corrected chi connectivity index (χ1v) is 5.70. The third-order valence-corrected chi connectivity index (χ3v) is 3.31. The highest BCUT2D eigenvalue weighted by atomic mass is 15.2. The molecule has 3 nitrogen and oxygen atoms in total. The van der Waals surface area contributed by atoms with E-state index in [4.69, 9.17) is 0 Å². The normalized spacial score (nSPS) is 11.5. The summed E-state index contributed by atoms with van der Waals surface area (Å²) < 4.78 is 0. The lowest BCUT2D eigenvalue weighted by Crippen LogP contribution is -2.40. The number of hydrogen-bond donors (Lipinski definition) is 1. The summed E-state index contributed by atoms with van der Waals surface area (Å²) in [6, 6.07) is 10.5. The van der Waals surface area contributed by atoms with Crippen molar-refractivity contribution in [3.05, 3.63) is 30.0 Å². The Morgan fingerprint density at radius 2 is 1.94 bits per heavy atom. The fourth-order valence-electron chi connectivity index (χ4n) is 2.05. The van der Waals surface area contributed by atoms with Crippen LogP contribution in [-0.4, -0.2) is 17.6 Å². The van der Waals surface area contributed by atoms with Crippen molar-refractivity contribution in [2.45, 2.75) is 26.3 Å². The van der Waals surface area contributed by atoms with Gasteiger partial charge in [0.1, 0.15) is 5.54 Å². The number of aromatic amines is 1. The average molecular weight is 227 g/mol.